The van der Waals surface area contributed by atoms with Gasteiger partial charge in [-0.25, -0.2) is 0 Å². The van der Waals surface area contributed by atoms with E-state index in [-0.39, 0.29) is 0 Å². The van der Waals surface area contributed by atoms with Crippen molar-refractivity contribution in [3.05, 3.63) is 72.8 Å². The first-order valence-electron chi connectivity index (χ1n) is 32.1. The molecule has 0 amide bonds. The fourth-order valence-corrected chi connectivity index (χ4v) is 15.3. The van der Waals surface area contributed by atoms with Crippen molar-refractivity contribution in [3.63, 3.8) is 0 Å². The van der Waals surface area contributed by atoms with Gasteiger partial charge in [0.25, 0.3) is 0 Å². The zero-order valence-corrected chi connectivity index (χ0v) is 51.3. The second-order valence-electron chi connectivity index (χ2n) is 22.3. The summed E-state index contributed by atoms with van der Waals surface area (Å²) in [5, 5.41) is 0. The minimum absolute atomic E-state index is 0.339. The number of unbranched alkanes of at least 4 members (excludes halogenated alkanes) is 39. The van der Waals surface area contributed by atoms with Gasteiger partial charge in [0.15, 0.2) is 0 Å². The highest BCUT2D eigenvalue weighted by Crippen LogP contribution is 2.69. The SMILES string of the molecule is CCCCCCCCCCCCCCCCOc1ccc(S([OH+]S(=O)(=O)C(F)(F)F)(c2ccc(OCCCCCCCCCCCCCCCC)cc2)c2ccc(OCCCCCCCCCCCCCCCC)cc2)cc1. The normalized spacial score (nSPS) is 12.3. The van der Waals surface area contributed by atoms with E-state index in [0.717, 1.165) is 57.8 Å². The molecule has 0 aliphatic heterocycles. The van der Waals surface area contributed by atoms with Crippen molar-refractivity contribution < 1.29 is 39.4 Å². The first-order valence-corrected chi connectivity index (χ1v) is 35.2. The first kappa shape index (κ1) is 69.4. The molecule has 3 aromatic rings. The minimum Gasteiger partial charge on any atom is -0.494 e. The highest BCUT2D eigenvalue weighted by atomic mass is 32.3. The average Bonchev–Trinajstić information content (AvgIpc) is 3.49. The van der Waals surface area contributed by atoms with Gasteiger partial charge in [-0.3, -0.25) is 3.63 Å². The summed E-state index contributed by atoms with van der Waals surface area (Å²) in [6, 6.07) is 20.4. The van der Waals surface area contributed by atoms with E-state index in [4.69, 9.17) is 14.2 Å². The quantitative estimate of drug-likeness (QED) is 0.0244. The van der Waals surface area contributed by atoms with Crippen LogP contribution in [0.25, 0.3) is 0 Å². The summed E-state index contributed by atoms with van der Waals surface area (Å²) in [4.78, 5) is 1.02. The Morgan fingerprint density at radius 3 is 0.667 bits per heavy atom. The zero-order chi connectivity index (χ0) is 56.1. The minimum atomic E-state index is -5.98. The van der Waals surface area contributed by atoms with E-state index >= 15 is 0 Å². The lowest BCUT2D eigenvalue weighted by Crippen LogP contribution is -2.30. The van der Waals surface area contributed by atoms with Gasteiger partial charge in [-0.15, -0.1) is 8.42 Å². The molecule has 78 heavy (non-hydrogen) atoms. The van der Waals surface area contributed by atoms with Gasteiger partial charge in [-0.1, -0.05) is 271 Å². The van der Waals surface area contributed by atoms with Crippen molar-refractivity contribution in [3.8, 4) is 17.2 Å². The second kappa shape index (κ2) is 44.7. The Bertz CT molecular complexity index is 1750. The van der Waals surface area contributed by atoms with Crippen molar-refractivity contribution >= 4 is 20.4 Å². The molecule has 3 rings (SSSR count). The van der Waals surface area contributed by atoms with Crippen LogP contribution >= 0.6 is 10.3 Å². The molecule has 0 radical (unpaired) electrons. The van der Waals surface area contributed by atoms with Gasteiger partial charge in [-0.2, -0.15) is 13.2 Å². The molecule has 448 valence electrons. The summed E-state index contributed by atoms with van der Waals surface area (Å²) in [7, 11) is -9.40. The Kier molecular flexibility index (Phi) is 39.8. The van der Waals surface area contributed by atoms with Crippen LogP contribution in [0.3, 0.4) is 0 Å². The molecule has 0 aliphatic carbocycles. The number of benzene rings is 3. The molecule has 6 nitrogen and oxygen atoms in total. The van der Waals surface area contributed by atoms with E-state index in [1.165, 1.54) is 212 Å². The number of halogens is 3. The summed E-state index contributed by atoms with van der Waals surface area (Å²) in [5.74, 6) is 1.71. The van der Waals surface area contributed by atoms with Crippen molar-refractivity contribution in [1.29, 1.82) is 0 Å². The fourth-order valence-electron chi connectivity index (χ4n) is 10.4. The molecule has 0 aromatic heterocycles. The summed E-state index contributed by atoms with van der Waals surface area (Å²) in [6.07, 6.45) is 53.1. The zero-order valence-electron chi connectivity index (χ0n) is 49.7. The van der Waals surface area contributed by atoms with Crippen LogP contribution in [0.5, 0.6) is 17.2 Å². The third-order valence-corrected chi connectivity index (χ3v) is 20.4. The predicted octanol–water partition coefficient (Wildman–Crippen LogP) is 23.4. The summed E-state index contributed by atoms with van der Waals surface area (Å²) < 4.78 is 92.6. The molecule has 0 saturated carbocycles. The Balaban J connectivity index is 1.64. The molecule has 0 unspecified atom stereocenters. The molecule has 0 aliphatic rings. The van der Waals surface area contributed by atoms with Gasteiger partial charge in [-0.05, 0) is 92.1 Å². The number of hydrogen-bond donors (Lipinski definition) is 0. The maximum Gasteiger partial charge on any atom is 0.572 e. The molecule has 3 aromatic carbocycles. The van der Waals surface area contributed by atoms with Crippen LogP contribution in [0.15, 0.2) is 87.5 Å². The van der Waals surface area contributed by atoms with Gasteiger partial charge < -0.3 is 14.2 Å². The van der Waals surface area contributed by atoms with Crippen molar-refractivity contribution in [2.75, 3.05) is 19.8 Å². The molecule has 0 spiro atoms. The number of ether oxygens (including phenoxy) is 3. The Labute approximate surface area is 477 Å². The van der Waals surface area contributed by atoms with Gasteiger partial charge >= 0.3 is 15.6 Å². The van der Waals surface area contributed by atoms with Crippen LogP contribution in [0.4, 0.5) is 13.2 Å². The van der Waals surface area contributed by atoms with E-state index < -0.39 is 25.9 Å². The monoisotopic (exact) mass is 1130 g/mol. The average molecular weight is 1130 g/mol. The second-order valence-corrected chi connectivity index (χ2v) is 26.9. The molecule has 0 heterocycles. The van der Waals surface area contributed by atoms with Gasteiger partial charge in [0.1, 0.15) is 17.2 Å². The van der Waals surface area contributed by atoms with E-state index in [0.29, 0.717) is 51.8 Å². The third-order valence-electron chi connectivity index (χ3n) is 15.3. The molecular weight excluding hydrogens is 1020 g/mol. The van der Waals surface area contributed by atoms with Crippen LogP contribution in [-0.4, -0.2) is 37.4 Å². The highest BCUT2D eigenvalue weighted by Gasteiger charge is 2.58. The van der Waals surface area contributed by atoms with E-state index in [2.05, 4.69) is 24.4 Å². The molecule has 0 atom stereocenters. The lowest BCUT2D eigenvalue weighted by atomic mass is 10.0. The van der Waals surface area contributed by atoms with E-state index in [1.807, 2.05) is 0 Å². The summed E-state index contributed by atoms with van der Waals surface area (Å²) >= 11 is 0. The van der Waals surface area contributed by atoms with Crippen molar-refractivity contribution in [2.24, 2.45) is 0 Å². The maximum atomic E-state index is 14.5. The Morgan fingerprint density at radius 1 is 0.308 bits per heavy atom. The Morgan fingerprint density at radius 2 is 0.487 bits per heavy atom. The lowest BCUT2D eigenvalue weighted by molar-refractivity contribution is -0.0540. The lowest BCUT2D eigenvalue weighted by Gasteiger charge is -2.35. The highest BCUT2D eigenvalue weighted by molar-refractivity contribution is 8.32. The molecular formula is C67H112F3O6S2+. The summed E-state index contributed by atoms with van der Waals surface area (Å²) in [5.41, 5.74) is -5.60. The van der Waals surface area contributed by atoms with Crippen LogP contribution in [0.2, 0.25) is 0 Å². The largest absolute Gasteiger partial charge is 0.572 e. The van der Waals surface area contributed by atoms with Crippen LogP contribution in [0.1, 0.15) is 290 Å². The van der Waals surface area contributed by atoms with Crippen LogP contribution in [0, 0.1) is 0 Å². The maximum absolute atomic E-state index is 14.5. The topological polar surface area (TPSA) is 74.6 Å². The van der Waals surface area contributed by atoms with Crippen molar-refractivity contribution in [1.82, 2.24) is 0 Å². The number of alkyl halides is 3. The molecule has 1 N–H and O–H groups in total. The smallest absolute Gasteiger partial charge is 0.494 e. The summed E-state index contributed by atoms with van der Waals surface area (Å²) in [6.45, 7) is 8.33. The van der Waals surface area contributed by atoms with Gasteiger partial charge in [0.05, 0.1) is 44.8 Å². The first-order chi connectivity index (χ1) is 38.1. The third kappa shape index (κ3) is 30.8. The molecule has 0 bridgehead atoms. The van der Waals surface area contributed by atoms with E-state index in [9.17, 15) is 21.6 Å². The van der Waals surface area contributed by atoms with Gasteiger partial charge in [0.2, 0.25) is 0 Å². The molecule has 0 saturated heterocycles. The predicted molar refractivity (Wildman–Crippen MR) is 327 cm³/mol. The van der Waals surface area contributed by atoms with Gasteiger partial charge in [0, 0.05) is 0 Å². The fraction of sp³-hybridized carbons (Fsp3) is 0.731. The van der Waals surface area contributed by atoms with Crippen molar-refractivity contribution in [2.45, 2.75) is 311 Å². The Hall–Kier alpha value is -2.89. The standard InChI is InChI=1S/C67H111F3O6S2/c1-4-7-10-13-16-19-22-25-28-31-34-37-40-43-58-73-61-46-52-64(53-47-61)77(76-78(71,72)67(68,69)70,65-54-48-62(49-55-65)74-59-44-41-38-35-32-29-26-23-20-17-14-11-8-5-2)66-56-50-63(51-57-66)75-60-45-42-39-36-33-30-27-24-21-18-15-12-9-6-3/h46-57H,4-45,58-60H2,1-3H3/p+1. The van der Waals surface area contributed by atoms with Crippen LogP contribution in [-0.2, 0) is 10.1 Å². The molecule has 11 heteroatoms. The van der Waals surface area contributed by atoms with E-state index in [1.54, 1.807) is 72.8 Å². The van der Waals surface area contributed by atoms with Crippen LogP contribution < -0.4 is 14.2 Å². The number of hydrogen-bond acceptors (Lipinski definition) is 5. The molecule has 0 fully saturated rings. The number of rotatable bonds is 53.